The molecule has 0 fully saturated rings. The summed E-state index contributed by atoms with van der Waals surface area (Å²) < 4.78 is 6.49. The standard InChI is InChI=1S/C16H19N3O3/c1-5-22-16(21)13-11(3)18-19(4)14(13)17-15(20)12-8-6-7-10(2)9-12/h6-9H,5H2,1-4H3,(H,17,20). The number of anilines is 1. The lowest BCUT2D eigenvalue weighted by Gasteiger charge is -2.09. The van der Waals surface area contributed by atoms with Crippen molar-refractivity contribution < 1.29 is 14.3 Å². The molecule has 22 heavy (non-hydrogen) atoms. The van der Waals surface area contributed by atoms with Crippen LogP contribution in [0.4, 0.5) is 5.82 Å². The van der Waals surface area contributed by atoms with Gasteiger partial charge in [-0.2, -0.15) is 5.10 Å². The smallest absolute Gasteiger partial charge is 0.343 e. The van der Waals surface area contributed by atoms with Crippen LogP contribution in [0.2, 0.25) is 0 Å². The van der Waals surface area contributed by atoms with Crippen LogP contribution in [0, 0.1) is 13.8 Å². The first-order valence-electron chi connectivity index (χ1n) is 7.02. The third-order valence-electron chi connectivity index (χ3n) is 3.21. The molecule has 1 aromatic heterocycles. The molecule has 0 atom stereocenters. The molecule has 0 unspecified atom stereocenters. The minimum Gasteiger partial charge on any atom is -0.462 e. The fourth-order valence-electron chi connectivity index (χ4n) is 2.22. The Kier molecular flexibility index (Phi) is 4.60. The molecule has 0 saturated carbocycles. The number of aromatic nitrogens is 2. The molecule has 1 aromatic carbocycles. The van der Waals surface area contributed by atoms with Gasteiger partial charge in [-0.25, -0.2) is 4.79 Å². The van der Waals surface area contributed by atoms with Gasteiger partial charge in [-0.3, -0.25) is 9.48 Å². The highest BCUT2D eigenvalue weighted by molar-refractivity contribution is 6.07. The Morgan fingerprint density at radius 2 is 2.05 bits per heavy atom. The SMILES string of the molecule is CCOC(=O)c1c(C)nn(C)c1NC(=O)c1cccc(C)c1. The van der Waals surface area contributed by atoms with E-state index in [2.05, 4.69) is 10.4 Å². The zero-order valence-corrected chi connectivity index (χ0v) is 13.1. The van der Waals surface area contributed by atoms with Crippen molar-refractivity contribution in [3.05, 3.63) is 46.6 Å². The zero-order chi connectivity index (χ0) is 16.3. The zero-order valence-electron chi connectivity index (χ0n) is 13.1. The Labute approximate surface area is 129 Å². The summed E-state index contributed by atoms with van der Waals surface area (Å²) in [5.74, 6) is -0.452. The summed E-state index contributed by atoms with van der Waals surface area (Å²) >= 11 is 0. The number of esters is 1. The van der Waals surface area contributed by atoms with E-state index in [9.17, 15) is 9.59 Å². The molecular formula is C16H19N3O3. The van der Waals surface area contributed by atoms with Crippen LogP contribution in [0.3, 0.4) is 0 Å². The van der Waals surface area contributed by atoms with E-state index in [4.69, 9.17) is 4.74 Å². The van der Waals surface area contributed by atoms with Crippen molar-refractivity contribution in [2.24, 2.45) is 7.05 Å². The molecule has 1 heterocycles. The molecule has 1 N–H and O–H groups in total. The first kappa shape index (κ1) is 15.8. The van der Waals surface area contributed by atoms with Crippen LogP contribution < -0.4 is 5.32 Å². The van der Waals surface area contributed by atoms with Crippen molar-refractivity contribution in [2.45, 2.75) is 20.8 Å². The van der Waals surface area contributed by atoms with E-state index in [0.29, 0.717) is 17.1 Å². The lowest BCUT2D eigenvalue weighted by molar-refractivity contribution is 0.0526. The second kappa shape index (κ2) is 6.43. The van der Waals surface area contributed by atoms with Crippen molar-refractivity contribution in [3.8, 4) is 0 Å². The van der Waals surface area contributed by atoms with E-state index in [1.165, 1.54) is 4.68 Å². The molecule has 2 rings (SSSR count). The first-order valence-corrected chi connectivity index (χ1v) is 7.02. The Hall–Kier alpha value is -2.63. The van der Waals surface area contributed by atoms with Crippen molar-refractivity contribution in [2.75, 3.05) is 11.9 Å². The second-order valence-corrected chi connectivity index (χ2v) is 4.98. The fourth-order valence-corrected chi connectivity index (χ4v) is 2.22. The highest BCUT2D eigenvalue weighted by Crippen LogP contribution is 2.21. The summed E-state index contributed by atoms with van der Waals surface area (Å²) in [5.41, 5.74) is 2.30. The molecule has 116 valence electrons. The molecule has 2 aromatic rings. The topological polar surface area (TPSA) is 73.2 Å². The van der Waals surface area contributed by atoms with Gasteiger partial charge in [0.25, 0.3) is 5.91 Å². The van der Waals surface area contributed by atoms with Gasteiger partial charge < -0.3 is 10.1 Å². The minimum atomic E-state index is -0.493. The molecular weight excluding hydrogens is 282 g/mol. The lowest BCUT2D eigenvalue weighted by atomic mass is 10.1. The van der Waals surface area contributed by atoms with Crippen LogP contribution in [-0.2, 0) is 11.8 Å². The summed E-state index contributed by atoms with van der Waals surface area (Å²) in [5, 5.41) is 6.92. The van der Waals surface area contributed by atoms with Crippen LogP contribution in [0.1, 0.15) is 38.9 Å². The number of nitrogens with zero attached hydrogens (tertiary/aromatic N) is 2. The molecule has 0 aliphatic rings. The number of hydrogen-bond acceptors (Lipinski definition) is 4. The lowest BCUT2D eigenvalue weighted by Crippen LogP contribution is -2.17. The monoisotopic (exact) mass is 301 g/mol. The van der Waals surface area contributed by atoms with Crippen LogP contribution >= 0.6 is 0 Å². The number of aryl methyl sites for hydroxylation is 3. The number of amides is 1. The first-order chi connectivity index (χ1) is 10.4. The van der Waals surface area contributed by atoms with Crippen molar-refractivity contribution in [1.29, 1.82) is 0 Å². The predicted molar refractivity (Wildman–Crippen MR) is 83.0 cm³/mol. The average molecular weight is 301 g/mol. The Balaban J connectivity index is 2.33. The molecule has 0 bridgehead atoms. The Morgan fingerprint density at radius 1 is 1.32 bits per heavy atom. The number of rotatable bonds is 4. The molecule has 0 spiro atoms. The number of ether oxygens (including phenoxy) is 1. The van der Waals surface area contributed by atoms with E-state index in [-0.39, 0.29) is 18.1 Å². The van der Waals surface area contributed by atoms with Crippen LogP contribution in [0.25, 0.3) is 0 Å². The Bertz CT molecular complexity index is 719. The van der Waals surface area contributed by atoms with Crippen LogP contribution in [-0.4, -0.2) is 28.3 Å². The van der Waals surface area contributed by atoms with Gasteiger partial charge in [0.05, 0.1) is 12.3 Å². The van der Waals surface area contributed by atoms with E-state index in [1.807, 2.05) is 19.1 Å². The maximum Gasteiger partial charge on any atom is 0.343 e. The molecule has 6 heteroatoms. The van der Waals surface area contributed by atoms with Crippen molar-refractivity contribution >= 4 is 17.7 Å². The van der Waals surface area contributed by atoms with E-state index >= 15 is 0 Å². The number of carbonyl (C=O) groups excluding carboxylic acids is 2. The highest BCUT2D eigenvalue weighted by atomic mass is 16.5. The maximum absolute atomic E-state index is 12.4. The minimum absolute atomic E-state index is 0.262. The summed E-state index contributed by atoms with van der Waals surface area (Å²) in [4.78, 5) is 24.4. The van der Waals surface area contributed by atoms with E-state index < -0.39 is 5.97 Å². The largest absolute Gasteiger partial charge is 0.462 e. The number of nitrogens with one attached hydrogen (secondary N) is 1. The molecule has 0 aliphatic carbocycles. The predicted octanol–water partition coefficient (Wildman–Crippen LogP) is 2.47. The van der Waals surface area contributed by atoms with Gasteiger partial charge in [0.15, 0.2) is 0 Å². The fraction of sp³-hybridized carbons (Fsp3) is 0.312. The summed E-state index contributed by atoms with van der Waals surface area (Å²) in [6.45, 7) is 5.61. The molecule has 0 saturated heterocycles. The van der Waals surface area contributed by atoms with Crippen LogP contribution in [0.15, 0.2) is 24.3 Å². The van der Waals surface area contributed by atoms with Gasteiger partial charge in [0, 0.05) is 12.6 Å². The summed E-state index contributed by atoms with van der Waals surface area (Å²) in [6.07, 6.45) is 0. The maximum atomic E-state index is 12.4. The third-order valence-corrected chi connectivity index (χ3v) is 3.21. The van der Waals surface area contributed by atoms with Gasteiger partial charge in [-0.15, -0.1) is 0 Å². The van der Waals surface area contributed by atoms with Gasteiger partial charge in [0.1, 0.15) is 11.4 Å². The highest BCUT2D eigenvalue weighted by Gasteiger charge is 2.23. The summed E-state index contributed by atoms with van der Waals surface area (Å²) in [7, 11) is 1.67. The van der Waals surface area contributed by atoms with Crippen molar-refractivity contribution in [1.82, 2.24) is 9.78 Å². The van der Waals surface area contributed by atoms with Gasteiger partial charge in [-0.1, -0.05) is 17.7 Å². The number of carbonyl (C=O) groups is 2. The summed E-state index contributed by atoms with van der Waals surface area (Å²) in [6, 6.07) is 7.22. The van der Waals surface area contributed by atoms with Gasteiger partial charge >= 0.3 is 5.97 Å². The number of benzene rings is 1. The van der Waals surface area contributed by atoms with E-state index in [0.717, 1.165) is 5.56 Å². The van der Waals surface area contributed by atoms with Crippen LogP contribution in [0.5, 0.6) is 0 Å². The van der Waals surface area contributed by atoms with Gasteiger partial charge in [0.2, 0.25) is 0 Å². The normalized spacial score (nSPS) is 10.4. The third kappa shape index (κ3) is 3.16. The van der Waals surface area contributed by atoms with E-state index in [1.54, 1.807) is 33.0 Å². The second-order valence-electron chi connectivity index (χ2n) is 4.98. The molecule has 1 amide bonds. The Morgan fingerprint density at radius 3 is 2.68 bits per heavy atom. The van der Waals surface area contributed by atoms with Gasteiger partial charge in [-0.05, 0) is 32.9 Å². The quantitative estimate of drug-likeness (QED) is 0.880. The molecule has 6 nitrogen and oxygen atoms in total. The molecule has 0 aliphatic heterocycles. The molecule has 0 radical (unpaired) electrons. The average Bonchev–Trinajstić information content (AvgIpc) is 2.73. The number of hydrogen-bond donors (Lipinski definition) is 1. The van der Waals surface area contributed by atoms with Crippen molar-refractivity contribution in [3.63, 3.8) is 0 Å².